The minimum absolute atomic E-state index is 0.224. The highest BCUT2D eigenvalue weighted by atomic mass is 15.1. The van der Waals surface area contributed by atoms with Crippen LogP contribution in [-0.2, 0) is 5.41 Å². The van der Waals surface area contributed by atoms with Gasteiger partial charge in [0.1, 0.15) is 5.84 Å². The topological polar surface area (TPSA) is 24.4 Å². The molecule has 1 aliphatic heterocycles. The van der Waals surface area contributed by atoms with E-state index in [4.69, 9.17) is 0 Å². The van der Waals surface area contributed by atoms with Crippen LogP contribution in [0.4, 0.5) is 0 Å². The summed E-state index contributed by atoms with van der Waals surface area (Å²) in [6.07, 6.45) is 3.84. The second-order valence-corrected chi connectivity index (χ2v) is 4.91. The Morgan fingerprint density at radius 3 is 2.62 bits per heavy atom. The SMILES string of the molecule is Cc1ccccc1C1(C2=NCCN2)CCC1. The standard InChI is InChI=1S/C14H18N2/c1-11-5-2-3-6-12(11)14(7-4-8-14)13-15-9-10-16-13/h2-3,5-6H,4,7-10H2,1H3,(H,15,16). The maximum absolute atomic E-state index is 4.65. The molecule has 0 bridgehead atoms. The molecular formula is C14H18N2. The van der Waals surface area contributed by atoms with Crippen molar-refractivity contribution in [2.45, 2.75) is 31.6 Å². The molecule has 2 aliphatic rings. The molecule has 1 aromatic rings. The molecule has 2 nitrogen and oxygen atoms in total. The van der Waals surface area contributed by atoms with Crippen LogP contribution in [0, 0.1) is 6.92 Å². The fraction of sp³-hybridized carbons (Fsp3) is 0.500. The number of hydrogen-bond donors (Lipinski definition) is 1. The van der Waals surface area contributed by atoms with Crippen LogP contribution in [0.15, 0.2) is 29.3 Å². The van der Waals surface area contributed by atoms with E-state index in [9.17, 15) is 0 Å². The van der Waals surface area contributed by atoms with Crippen molar-refractivity contribution in [3.05, 3.63) is 35.4 Å². The molecule has 1 aliphatic carbocycles. The summed E-state index contributed by atoms with van der Waals surface area (Å²) in [6.45, 7) is 4.18. The Bertz CT molecular complexity index is 430. The Labute approximate surface area is 96.8 Å². The fourth-order valence-corrected chi connectivity index (χ4v) is 2.99. The summed E-state index contributed by atoms with van der Waals surface area (Å²) >= 11 is 0. The highest BCUT2D eigenvalue weighted by molar-refractivity contribution is 5.95. The molecule has 0 atom stereocenters. The van der Waals surface area contributed by atoms with Crippen LogP contribution >= 0.6 is 0 Å². The van der Waals surface area contributed by atoms with Crippen molar-refractivity contribution in [2.75, 3.05) is 13.1 Å². The second-order valence-electron chi connectivity index (χ2n) is 4.91. The molecule has 0 spiro atoms. The van der Waals surface area contributed by atoms with E-state index in [1.165, 1.54) is 36.2 Å². The summed E-state index contributed by atoms with van der Waals surface area (Å²) in [5, 5.41) is 3.48. The van der Waals surface area contributed by atoms with Crippen LogP contribution < -0.4 is 5.32 Å². The third-order valence-corrected chi connectivity index (χ3v) is 4.00. The van der Waals surface area contributed by atoms with Crippen LogP contribution in [0.2, 0.25) is 0 Å². The van der Waals surface area contributed by atoms with Gasteiger partial charge in [0, 0.05) is 6.54 Å². The van der Waals surface area contributed by atoms with E-state index in [2.05, 4.69) is 41.5 Å². The first-order valence-corrected chi connectivity index (χ1v) is 6.18. The van der Waals surface area contributed by atoms with Crippen LogP contribution in [-0.4, -0.2) is 18.9 Å². The molecule has 0 unspecified atom stereocenters. The molecule has 1 fully saturated rings. The number of rotatable bonds is 2. The molecule has 0 amide bonds. The van der Waals surface area contributed by atoms with E-state index in [0.717, 1.165) is 13.1 Å². The van der Waals surface area contributed by atoms with Gasteiger partial charge in [-0.3, -0.25) is 4.99 Å². The molecule has 0 saturated heterocycles. The van der Waals surface area contributed by atoms with Gasteiger partial charge in [-0.25, -0.2) is 0 Å². The fourth-order valence-electron chi connectivity index (χ4n) is 2.99. The van der Waals surface area contributed by atoms with Gasteiger partial charge in [0.05, 0.1) is 12.0 Å². The first kappa shape index (κ1) is 9.88. The van der Waals surface area contributed by atoms with E-state index < -0.39 is 0 Å². The summed E-state index contributed by atoms with van der Waals surface area (Å²) in [6, 6.07) is 8.76. The molecular weight excluding hydrogens is 196 g/mol. The maximum Gasteiger partial charge on any atom is 0.107 e. The Morgan fingerprint density at radius 2 is 2.06 bits per heavy atom. The zero-order valence-corrected chi connectivity index (χ0v) is 9.79. The summed E-state index contributed by atoms with van der Waals surface area (Å²) < 4.78 is 0. The average molecular weight is 214 g/mol. The molecule has 1 N–H and O–H groups in total. The van der Waals surface area contributed by atoms with Crippen LogP contribution in [0.25, 0.3) is 0 Å². The highest BCUT2D eigenvalue weighted by Gasteiger charge is 2.44. The lowest BCUT2D eigenvalue weighted by Crippen LogP contribution is -2.48. The molecule has 1 heterocycles. The lowest BCUT2D eigenvalue weighted by Gasteiger charge is -2.43. The number of nitrogens with one attached hydrogen (secondary N) is 1. The van der Waals surface area contributed by atoms with Crippen molar-refractivity contribution in [1.82, 2.24) is 5.32 Å². The summed E-state index contributed by atoms with van der Waals surface area (Å²) in [7, 11) is 0. The molecule has 0 radical (unpaired) electrons. The predicted octanol–water partition coefficient (Wildman–Crippen LogP) is 2.42. The van der Waals surface area contributed by atoms with E-state index >= 15 is 0 Å². The number of amidine groups is 1. The average Bonchev–Trinajstić information content (AvgIpc) is 2.73. The quantitative estimate of drug-likeness (QED) is 0.803. The van der Waals surface area contributed by atoms with Crippen LogP contribution in [0.1, 0.15) is 30.4 Å². The first-order chi connectivity index (χ1) is 7.83. The van der Waals surface area contributed by atoms with Gasteiger partial charge in [0.25, 0.3) is 0 Å². The minimum atomic E-state index is 0.224. The van der Waals surface area contributed by atoms with Crippen molar-refractivity contribution >= 4 is 5.84 Å². The van der Waals surface area contributed by atoms with Gasteiger partial charge < -0.3 is 5.32 Å². The van der Waals surface area contributed by atoms with Gasteiger partial charge >= 0.3 is 0 Å². The van der Waals surface area contributed by atoms with Crippen molar-refractivity contribution in [2.24, 2.45) is 4.99 Å². The van der Waals surface area contributed by atoms with Gasteiger partial charge in [0.15, 0.2) is 0 Å². The normalized spacial score (nSPS) is 22.2. The van der Waals surface area contributed by atoms with Crippen LogP contribution in [0.3, 0.4) is 0 Å². The number of aliphatic imine (C=N–C) groups is 1. The third-order valence-electron chi connectivity index (χ3n) is 4.00. The summed E-state index contributed by atoms with van der Waals surface area (Å²) in [5.41, 5.74) is 3.11. The molecule has 1 aromatic carbocycles. The van der Waals surface area contributed by atoms with Gasteiger partial charge in [0.2, 0.25) is 0 Å². The van der Waals surface area contributed by atoms with Crippen LogP contribution in [0.5, 0.6) is 0 Å². The van der Waals surface area contributed by atoms with E-state index in [-0.39, 0.29) is 5.41 Å². The van der Waals surface area contributed by atoms with Gasteiger partial charge in [-0.2, -0.15) is 0 Å². The Balaban J connectivity index is 2.05. The minimum Gasteiger partial charge on any atom is -0.371 e. The van der Waals surface area contributed by atoms with E-state index in [1.807, 2.05) is 0 Å². The zero-order chi connectivity index (χ0) is 11.0. The summed E-state index contributed by atoms with van der Waals surface area (Å²) in [4.78, 5) is 4.65. The number of aryl methyl sites for hydroxylation is 1. The predicted molar refractivity (Wildman–Crippen MR) is 67.0 cm³/mol. The Hall–Kier alpha value is -1.31. The molecule has 0 aromatic heterocycles. The smallest absolute Gasteiger partial charge is 0.107 e. The molecule has 3 rings (SSSR count). The molecule has 1 saturated carbocycles. The maximum atomic E-state index is 4.65. The molecule has 2 heteroatoms. The number of hydrogen-bond acceptors (Lipinski definition) is 2. The lowest BCUT2D eigenvalue weighted by atomic mass is 9.62. The number of benzene rings is 1. The van der Waals surface area contributed by atoms with E-state index in [1.54, 1.807) is 0 Å². The lowest BCUT2D eigenvalue weighted by molar-refractivity contribution is 0.333. The monoisotopic (exact) mass is 214 g/mol. The second kappa shape index (κ2) is 3.62. The van der Waals surface area contributed by atoms with Crippen molar-refractivity contribution in [3.8, 4) is 0 Å². The zero-order valence-electron chi connectivity index (χ0n) is 9.79. The van der Waals surface area contributed by atoms with Crippen molar-refractivity contribution < 1.29 is 0 Å². The first-order valence-electron chi connectivity index (χ1n) is 6.18. The molecule has 84 valence electrons. The Kier molecular flexibility index (Phi) is 2.23. The van der Waals surface area contributed by atoms with Crippen molar-refractivity contribution in [1.29, 1.82) is 0 Å². The third kappa shape index (κ3) is 1.29. The van der Waals surface area contributed by atoms with Gasteiger partial charge in [-0.1, -0.05) is 30.7 Å². The van der Waals surface area contributed by atoms with Gasteiger partial charge in [-0.15, -0.1) is 0 Å². The molecule has 16 heavy (non-hydrogen) atoms. The number of nitrogens with zero attached hydrogens (tertiary/aromatic N) is 1. The van der Waals surface area contributed by atoms with Crippen molar-refractivity contribution in [3.63, 3.8) is 0 Å². The largest absolute Gasteiger partial charge is 0.371 e. The Morgan fingerprint density at radius 1 is 1.25 bits per heavy atom. The highest BCUT2D eigenvalue weighted by Crippen LogP contribution is 2.45. The summed E-state index contributed by atoms with van der Waals surface area (Å²) in [5.74, 6) is 1.24. The van der Waals surface area contributed by atoms with E-state index in [0.29, 0.717) is 0 Å². The van der Waals surface area contributed by atoms with Gasteiger partial charge in [-0.05, 0) is 30.9 Å².